The summed E-state index contributed by atoms with van der Waals surface area (Å²) >= 11 is 0. The minimum absolute atomic E-state index is 0.111. The van der Waals surface area contributed by atoms with Crippen LogP contribution in [0.3, 0.4) is 0 Å². The van der Waals surface area contributed by atoms with Crippen molar-refractivity contribution < 1.29 is 14.4 Å². The van der Waals surface area contributed by atoms with Gasteiger partial charge in [0.2, 0.25) is 11.8 Å². The van der Waals surface area contributed by atoms with Gasteiger partial charge in [-0.1, -0.05) is 0 Å². The molecule has 3 fully saturated rings. The Bertz CT molecular complexity index is 843. The molecule has 0 aliphatic carbocycles. The van der Waals surface area contributed by atoms with Crippen LogP contribution in [-0.2, 0) is 16.1 Å². The van der Waals surface area contributed by atoms with E-state index in [0.29, 0.717) is 24.6 Å². The van der Waals surface area contributed by atoms with Gasteiger partial charge < -0.3 is 15.1 Å². The lowest BCUT2D eigenvalue weighted by atomic mass is 10.0. The highest BCUT2D eigenvalue weighted by Crippen LogP contribution is 2.31. The van der Waals surface area contributed by atoms with Crippen LogP contribution in [0.15, 0.2) is 18.2 Å². The number of fused-ring (bicyclic) bond motifs is 1. The summed E-state index contributed by atoms with van der Waals surface area (Å²) in [5, 5.41) is 5.80. The number of imide groups is 1. The number of hydrogen-bond acceptors (Lipinski definition) is 6. The van der Waals surface area contributed by atoms with Crippen LogP contribution in [0.4, 0.5) is 5.69 Å². The van der Waals surface area contributed by atoms with Gasteiger partial charge in [-0.05, 0) is 43.1 Å². The Morgan fingerprint density at radius 2 is 1.83 bits per heavy atom. The minimum Gasteiger partial charge on any atom is -0.369 e. The maximum absolute atomic E-state index is 12.8. The average molecular weight is 397 g/mol. The molecule has 5 rings (SSSR count). The van der Waals surface area contributed by atoms with Gasteiger partial charge in [-0.3, -0.25) is 24.6 Å². The molecule has 0 radical (unpaired) electrons. The first kappa shape index (κ1) is 18.6. The smallest absolute Gasteiger partial charge is 0.255 e. The summed E-state index contributed by atoms with van der Waals surface area (Å²) in [4.78, 5) is 43.0. The van der Waals surface area contributed by atoms with Crippen molar-refractivity contribution >= 4 is 23.4 Å². The molecule has 0 bridgehead atoms. The van der Waals surface area contributed by atoms with Gasteiger partial charge in [0.25, 0.3) is 5.91 Å². The number of benzene rings is 1. The van der Waals surface area contributed by atoms with E-state index < -0.39 is 6.04 Å². The van der Waals surface area contributed by atoms with E-state index in [1.807, 2.05) is 12.1 Å². The van der Waals surface area contributed by atoms with E-state index in [4.69, 9.17) is 0 Å². The molecule has 29 heavy (non-hydrogen) atoms. The molecular formula is C21H27N5O3. The first-order chi connectivity index (χ1) is 14.1. The van der Waals surface area contributed by atoms with E-state index in [1.54, 1.807) is 4.90 Å². The lowest BCUT2D eigenvalue weighted by molar-refractivity contribution is -0.136. The van der Waals surface area contributed by atoms with Crippen molar-refractivity contribution in [3.05, 3.63) is 29.3 Å². The number of hydrogen-bond donors (Lipinski definition) is 2. The average Bonchev–Trinajstić information content (AvgIpc) is 3.37. The van der Waals surface area contributed by atoms with Gasteiger partial charge in [-0.15, -0.1) is 0 Å². The molecular weight excluding hydrogens is 370 g/mol. The van der Waals surface area contributed by atoms with Crippen LogP contribution >= 0.6 is 0 Å². The van der Waals surface area contributed by atoms with E-state index in [2.05, 4.69) is 26.5 Å². The highest BCUT2D eigenvalue weighted by Gasteiger charge is 2.39. The van der Waals surface area contributed by atoms with Crippen molar-refractivity contribution in [2.45, 2.75) is 37.9 Å². The summed E-state index contributed by atoms with van der Waals surface area (Å²) < 4.78 is 0. The highest BCUT2D eigenvalue weighted by atomic mass is 16.2. The third-order valence-corrected chi connectivity index (χ3v) is 6.74. The third-order valence-electron chi connectivity index (χ3n) is 6.74. The van der Waals surface area contributed by atoms with Crippen LogP contribution in [0, 0.1) is 0 Å². The second-order valence-electron chi connectivity index (χ2n) is 8.41. The van der Waals surface area contributed by atoms with Gasteiger partial charge in [0.15, 0.2) is 0 Å². The number of nitrogens with one attached hydrogen (secondary N) is 2. The van der Waals surface area contributed by atoms with Crippen LogP contribution in [0.1, 0.15) is 35.2 Å². The molecule has 0 spiro atoms. The summed E-state index contributed by atoms with van der Waals surface area (Å²) in [5.41, 5.74) is 2.79. The zero-order valence-corrected chi connectivity index (χ0v) is 16.5. The Kier molecular flexibility index (Phi) is 4.75. The predicted molar refractivity (Wildman–Crippen MR) is 108 cm³/mol. The highest BCUT2D eigenvalue weighted by molar-refractivity contribution is 6.05. The molecule has 8 heteroatoms. The molecule has 2 N–H and O–H groups in total. The van der Waals surface area contributed by atoms with Crippen LogP contribution in [0.25, 0.3) is 0 Å². The van der Waals surface area contributed by atoms with Gasteiger partial charge in [0.05, 0.1) is 0 Å². The quantitative estimate of drug-likeness (QED) is 0.695. The Morgan fingerprint density at radius 1 is 1.00 bits per heavy atom. The van der Waals surface area contributed by atoms with E-state index in [0.717, 1.165) is 50.5 Å². The molecule has 1 aromatic carbocycles. The summed E-state index contributed by atoms with van der Waals surface area (Å²) in [5.74, 6) is -0.732. The number of piperazine rings is 1. The molecule has 0 saturated carbocycles. The standard InChI is InChI=1S/C21H27N5O3/c27-19-4-3-18(20(28)23-19)26-13-14-11-15(1-2-17(14)21(26)29)24-7-9-25(10-8-24)16-5-6-22-12-16/h1-2,11,16,18,22H,3-10,12-13H2,(H,23,27,28). The summed E-state index contributed by atoms with van der Waals surface area (Å²) in [6.07, 6.45) is 1.91. The van der Waals surface area contributed by atoms with E-state index in [9.17, 15) is 14.4 Å². The lowest BCUT2D eigenvalue weighted by Crippen LogP contribution is -2.52. The van der Waals surface area contributed by atoms with Crippen LogP contribution < -0.4 is 15.5 Å². The number of anilines is 1. The Hall–Kier alpha value is -2.45. The molecule has 2 unspecified atom stereocenters. The monoisotopic (exact) mass is 397 g/mol. The summed E-state index contributed by atoms with van der Waals surface area (Å²) in [6, 6.07) is 6.13. The number of nitrogens with zero attached hydrogens (tertiary/aromatic N) is 3. The third kappa shape index (κ3) is 3.40. The fourth-order valence-corrected chi connectivity index (χ4v) is 5.05. The number of carbonyl (C=O) groups is 3. The van der Waals surface area contributed by atoms with E-state index in [1.165, 1.54) is 6.42 Å². The molecule has 1 aromatic rings. The Labute approximate surface area is 170 Å². The van der Waals surface area contributed by atoms with Crippen molar-refractivity contribution in [2.24, 2.45) is 0 Å². The van der Waals surface area contributed by atoms with Crippen molar-refractivity contribution in [1.29, 1.82) is 0 Å². The molecule has 4 aliphatic heterocycles. The van der Waals surface area contributed by atoms with Crippen molar-refractivity contribution in [3.8, 4) is 0 Å². The first-order valence-corrected chi connectivity index (χ1v) is 10.6. The van der Waals surface area contributed by atoms with Gasteiger partial charge in [0, 0.05) is 63.0 Å². The molecule has 4 heterocycles. The fraction of sp³-hybridized carbons (Fsp3) is 0.571. The Morgan fingerprint density at radius 3 is 2.55 bits per heavy atom. The SMILES string of the molecule is O=C1CCC(N2Cc3cc(N4CCN(C5CCNC5)CC4)ccc3C2=O)C(=O)N1. The molecule has 4 aliphatic rings. The lowest BCUT2D eigenvalue weighted by Gasteiger charge is -2.39. The molecule has 8 nitrogen and oxygen atoms in total. The van der Waals surface area contributed by atoms with Gasteiger partial charge in [-0.25, -0.2) is 0 Å². The maximum Gasteiger partial charge on any atom is 0.255 e. The molecule has 3 amide bonds. The predicted octanol–water partition coefficient (Wildman–Crippen LogP) is -0.0685. The van der Waals surface area contributed by atoms with Crippen molar-refractivity contribution in [1.82, 2.24) is 20.4 Å². The van der Waals surface area contributed by atoms with Gasteiger partial charge in [0.1, 0.15) is 6.04 Å². The number of carbonyl (C=O) groups excluding carboxylic acids is 3. The van der Waals surface area contributed by atoms with Gasteiger partial charge in [-0.2, -0.15) is 0 Å². The van der Waals surface area contributed by atoms with Crippen molar-refractivity contribution in [3.63, 3.8) is 0 Å². The first-order valence-electron chi connectivity index (χ1n) is 10.6. The second kappa shape index (κ2) is 7.42. The number of rotatable bonds is 3. The number of amides is 3. The normalized spacial score (nSPS) is 28.1. The van der Waals surface area contributed by atoms with Crippen molar-refractivity contribution in [2.75, 3.05) is 44.2 Å². The van der Waals surface area contributed by atoms with Gasteiger partial charge >= 0.3 is 0 Å². The summed E-state index contributed by atoms with van der Waals surface area (Å²) in [6.45, 7) is 6.74. The zero-order valence-electron chi connectivity index (χ0n) is 16.5. The number of piperidine rings is 1. The Balaban J connectivity index is 1.26. The molecule has 2 atom stereocenters. The maximum atomic E-state index is 12.8. The van der Waals surface area contributed by atoms with Crippen LogP contribution in [-0.4, -0.2) is 78.9 Å². The molecule has 3 saturated heterocycles. The van der Waals surface area contributed by atoms with Crippen LogP contribution in [0.5, 0.6) is 0 Å². The minimum atomic E-state index is -0.556. The molecule has 154 valence electrons. The largest absolute Gasteiger partial charge is 0.369 e. The summed E-state index contributed by atoms with van der Waals surface area (Å²) in [7, 11) is 0. The molecule has 0 aromatic heterocycles. The van der Waals surface area contributed by atoms with E-state index >= 15 is 0 Å². The van der Waals surface area contributed by atoms with Crippen LogP contribution in [0.2, 0.25) is 0 Å². The fourth-order valence-electron chi connectivity index (χ4n) is 5.05. The zero-order chi connectivity index (χ0) is 20.0. The topological polar surface area (TPSA) is 85.0 Å². The second-order valence-corrected chi connectivity index (χ2v) is 8.41. The van der Waals surface area contributed by atoms with E-state index in [-0.39, 0.29) is 24.1 Å².